The minimum Gasteiger partial charge on any atom is -0.335 e. The van der Waals surface area contributed by atoms with E-state index in [4.69, 9.17) is 0 Å². The summed E-state index contributed by atoms with van der Waals surface area (Å²) in [5.41, 5.74) is -0.672. The highest BCUT2D eigenvalue weighted by molar-refractivity contribution is 9.09. The van der Waals surface area contributed by atoms with Crippen LogP contribution in [0.25, 0.3) is 0 Å². The topological polar surface area (TPSA) is 20.3 Å². The molecule has 2 nitrogen and oxygen atoms in total. The van der Waals surface area contributed by atoms with Crippen molar-refractivity contribution >= 4 is 21.8 Å². The molecule has 1 heterocycles. The fraction of sp³-hybridized carbons (Fsp3) is 0.462. The molecule has 1 aromatic carbocycles. The quantitative estimate of drug-likeness (QED) is 0.757. The van der Waals surface area contributed by atoms with Crippen LogP contribution in [-0.2, 0) is 0 Å². The molecule has 104 valence electrons. The predicted octanol–water partition coefficient (Wildman–Crippen LogP) is 3.49. The number of benzene rings is 1. The van der Waals surface area contributed by atoms with E-state index in [0.29, 0.717) is 24.0 Å². The molecule has 0 aromatic heterocycles. The van der Waals surface area contributed by atoms with E-state index in [9.17, 15) is 18.0 Å². The second kappa shape index (κ2) is 5.94. The molecule has 0 aliphatic carbocycles. The van der Waals surface area contributed by atoms with Crippen LogP contribution in [0.1, 0.15) is 29.6 Å². The van der Waals surface area contributed by atoms with Gasteiger partial charge in [0.15, 0.2) is 0 Å². The lowest BCUT2D eigenvalue weighted by molar-refractivity contribution is 0.0631. The molecule has 0 spiro atoms. The van der Waals surface area contributed by atoms with Gasteiger partial charge in [0, 0.05) is 30.0 Å². The predicted molar refractivity (Wildman–Crippen MR) is 68.8 cm³/mol. The Labute approximate surface area is 117 Å². The Hall–Kier alpha value is -1.04. The lowest BCUT2D eigenvalue weighted by Gasteiger charge is -2.34. The first-order chi connectivity index (χ1) is 9.04. The highest BCUT2D eigenvalue weighted by atomic mass is 79.9. The van der Waals surface area contributed by atoms with Gasteiger partial charge >= 0.3 is 0 Å². The number of hydrogen-bond donors (Lipinski definition) is 0. The molecule has 19 heavy (non-hydrogen) atoms. The lowest BCUT2D eigenvalue weighted by Crippen LogP contribution is -2.45. The fourth-order valence-electron chi connectivity index (χ4n) is 2.32. The van der Waals surface area contributed by atoms with E-state index in [2.05, 4.69) is 15.9 Å². The van der Waals surface area contributed by atoms with Crippen LogP contribution in [0, 0.1) is 17.5 Å². The molecule has 1 amide bonds. The largest absolute Gasteiger partial charge is 0.335 e. The van der Waals surface area contributed by atoms with Crippen molar-refractivity contribution in [2.75, 3.05) is 11.9 Å². The zero-order chi connectivity index (χ0) is 14.0. The Morgan fingerprint density at radius 3 is 2.47 bits per heavy atom. The number of piperidine rings is 1. The lowest BCUT2D eigenvalue weighted by atomic mass is 10.0. The monoisotopic (exact) mass is 335 g/mol. The minimum atomic E-state index is -1.15. The molecule has 1 saturated heterocycles. The van der Waals surface area contributed by atoms with Crippen LogP contribution < -0.4 is 0 Å². The van der Waals surface area contributed by atoms with Gasteiger partial charge in [-0.2, -0.15) is 0 Å². The Kier molecular flexibility index (Phi) is 4.50. The van der Waals surface area contributed by atoms with Gasteiger partial charge in [0.2, 0.25) is 0 Å². The Morgan fingerprint density at radius 1 is 1.26 bits per heavy atom. The van der Waals surface area contributed by atoms with Gasteiger partial charge in [-0.15, -0.1) is 0 Å². The Balaban J connectivity index is 2.33. The Morgan fingerprint density at radius 2 is 1.89 bits per heavy atom. The molecule has 2 rings (SSSR count). The van der Waals surface area contributed by atoms with Crippen molar-refractivity contribution in [3.8, 4) is 0 Å². The second-order valence-corrected chi connectivity index (χ2v) is 5.19. The second-order valence-electron chi connectivity index (χ2n) is 4.55. The number of amides is 1. The molecule has 0 N–H and O–H groups in total. The summed E-state index contributed by atoms with van der Waals surface area (Å²) in [6.45, 7) is 0.464. The van der Waals surface area contributed by atoms with Crippen LogP contribution in [0.5, 0.6) is 0 Å². The number of carbonyl (C=O) groups excluding carboxylic acids is 1. The normalized spacial score (nSPS) is 19.6. The van der Waals surface area contributed by atoms with Gasteiger partial charge in [0.05, 0.1) is 0 Å². The zero-order valence-corrected chi connectivity index (χ0v) is 11.7. The SMILES string of the molecule is O=C(c1c(F)cc(F)cc1F)N1CCCCC1CBr. The van der Waals surface area contributed by atoms with Gasteiger partial charge in [-0.25, -0.2) is 13.2 Å². The van der Waals surface area contributed by atoms with Crippen LogP contribution in [0.2, 0.25) is 0 Å². The molecular formula is C13H13BrF3NO. The van der Waals surface area contributed by atoms with Crippen molar-refractivity contribution in [2.24, 2.45) is 0 Å². The molecule has 0 saturated carbocycles. The average molecular weight is 336 g/mol. The molecule has 1 aliphatic rings. The molecule has 1 unspecified atom stereocenters. The van der Waals surface area contributed by atoms with Crippen molar-refractivity contribution in [1.82, 2.24) is 4.90 Å². The fourth-order valence-corrected chi connectivity index (χ4v) is 2.99. The van der Waals surface area contributed by atoms with Crippen LogP contribution in [0.3, 0.4) is 0 Å². The van der Waals surface area contributed by atoms with Crippen molar-refractivity contribution in [1.29, 1.82) is 0 Å². The van der Waals surface area contributed by atoms with E-state index < -0.39 is 28.9 Å². The first-order valence-electron chi connectivity index (χ1n) is 6.06. The molecule has 1 aliphatic heterocycles. The molecule has 6 heteroatoms. The number of alkyl halides is 1. The summed E-state index contributed by atoms with van der Waals surface area (Å²) in [5, 5.41) is 0.559. The van der Waals surface area contributed by atoms with E-state index in [1.54, 1.807) is 0 Å². The van der Waals surface area contributed by atoms with Gasteiger partial charge in [0.1, 0.15) is 23.0 Å². The molecule has 1 atom stereocenters. The molecule has 1 fully saturated rings. The third kappa shape index (κ3) is 2.94. The maximum atomic E-state index is 13.6. The summed E-state index contributed by atoms with van der Waals surface area (Å²) < 4.78 is 40.1. The zero-order valence-electron chi connectivity index (χ0n) is 10.1. The van der Waals surface area contributed by atoms with Gasteiger partial charge in [-0.05, 0) is 19.3 Å². The van der Waals surface area contributed by atoms with Gasteiger partial charge in [0.25, 0.3) is 5.91 Å². The van der Waals surface area contributed by atoms with E-state index in [1.807, 2.05) is 0 Å². The summed E-state index contributed by atoms with van der Waals surface area (Å²) in [7, 11) is 0. The third-order valence-electron chi connectivity index (χ3n) is 3.29. The van der Waals surface area contributed by atoms with Crippen molar-refractivity contribution in [3.63, 3.8) is 0 Å². The third-order valence-corrected chi connectivity index (χ3v) is 4.03. The first kappa shape index (κ1) is 14.4. The number of rotatable bonds is 2. The van der Waals surface area contributed by atoms with Crippen molar-refractivity contribution in [3.05, 3.63) is 35.1 Å². The summed E-state index contributed by atoms with van der Waals surface area (Å²) in [6.07, 6.45) is 2.58. The number of likely N-dealkylation sites (tertiary alicyclic amines) is 1. The minimum absolute atomic E-state index is 0.0786. The molecule has 0 radical (unpaired) electrons. The van der Waals surface area contributed by atoms with Crippen LogP contribution in [0.4, 0.5) is 13.2 Å². The van der Waals surface area contributed by atoms with Gasteiger partial charge in [-0.1, -0.05) is 15.9 Å². The highest BCUT2D eigenvalue weighted by Gasteiger charge is 2.30. The van der Waals surface area contributed by atoms with Gasteiger partial charge < -0.3 is 4.90 Å². The Bertz CT molecular complexity index is 472. The first-order valence-corrected chi connectivity index (χ1v) is 7.18. The van der Waals surface area contributed by atoms with E-state index >= 15 is 0 Å². The van der Waals surface area contributed by atoms with Crippen molar-refractivity contribution in [2.45, 2.75) is 25.3 Å². The number of carbonyl (C=O) groups is 1. The van der Waals surface area contributed by atoms with E-state index in [1.165, 1.54) is 4.90 Å². The van der Waals surface area contributed by atoms with E-state index in [0.717, 1.165) is 19.3 Å². The van der Waals surface area contributed by atoms with Crippen LogP contribution >= 0.6 is 15.9 Å². The van der Waals surface area contributed by atoms with E-state index in [-0.39, 0.29) is 6.04 Å². The maximum Gasteiger partial charge on any atom is 0.260 e. The van der Waals surface area contributed by atoms with Crippen LogP contribution in [0.15, 0.2) is 12.1 Å². The summed E-state index contributed by atoms with van der Waals surface area (Å²) in [6, 6.07) is 0.984. The van der Waals surface area contributed by atoms with Crippen molar-refractivity contribution < 1.29 is 18.0 Å². The maximum absolute atomic E-state index is 13.6. The summed E-state index contributed by atoms with van der Waals surface area (Å²) >= 11 is 3.30. The number of halogens is 4. The standard InChI is InChI=1S/C13H13BrF3NO/c14-7-9-3-1-2-4-18(9)13(19)12-10(16)5-8(15)6-11(12)17/h5-6,9H,1-4,7H2. The summed E-state index contributed by atoms with van der Waals surface area (Å²) in [4.78, 5) is 13.7. The smallest absolute Gasteiger partial charge is 0.260 e. The highest BCUT2D eigenvalue weighted by Crippen LogP contribution is 2.24. The molecule has 1 aromatic rings. The van der Waals surface area contributed by atoms with Gasteiger partial charge in [-0.3, -0.25) is 4.79 Å². The molecule has 0 bridgehead atoms. The molecular weight excluding hydrogens is 323 g/mol. The number of hydrogen-bond acceptors (Lipinski definition) is 1. The van der Waals surface area contributed by atoms with Crippen LogP contribution in [-0.4, -0.2) is 28.7 Å². The number of nitrogens with zero attached hydrogens (tertiary/aromatic N) is 1. The summed E-state index contributed by atoms with van der Waals surface area (Å²) in [5.74, 6) is -4.04. The average Bonchev–Trinajstić information content (AvgIpc) is 2.37.